The van der Waals surface area contributed by atoms with Gasteiger partial charge >= 0.3 is 17.9 Å². The van der Waals surface area contributed by atoms with Crippen LogP contribution in [0, 0.1) is 0 Å². The molecule has 0 amide bonds. The standard InChI is InChI=1S/C60H94O6/c1-4-7-10-13-16-19-22-25-27-29-30-32-33-35-38-41-44-47-50-53-59(62)65-56-57(55-64-58(61)52-49-46-43-40-37-24-21-18-15-12-9-6-3)66-60(63)54-51-48-45-42-39-36-34-31-28-26-23-20-17-14-11-8-5-2/h7,9-10,12,16-21,25-28,30,32,34-36,38,42,45,57H,4-6,8,11,13-15,22-24,29,31,33,37,39-41,43-44,46-56H2,1-3H3/b10-7-,12-9-,19-16-,20-17-,21-18-,27-25-,28-26-,32-30-,36-34-,38-35-,45-42-. The number of hydrogen-bond acceptors (Lipinski definition) is 6. The van der Waals surface area contributed by atoms with Crippen LogP contribution in [0.5, 0.6) is 0 Å². The van der Waals surface area contributed by atoms with Crippen molar-refractivity contribution in [2.45, 2.75) is 213 Å². The second-order valence-electron chi connectivity index (χ2n) is 16.7. The van der Waals surface area contributed by atoms with Gasteiger partial charge in [-0.2, -0.15) is 0 Å². The minimum Gasteiger partial charge on any atom is -0.462 e. The number of hydrogen-bond donors (Lipinski definition) is 0. The van der Waals surface area contributed by atoms with Crippen LogP contribution in [-0.2, 0) is 28.6 Å². The van der Waals surface area contributed by atoms with Crippen molar-refractivity contribution in [3.8, 4) is 0 Å². The normalized spacial score (nSPS) is 13.2. The van der Waals surface area contributed by atoms with Gasteiger partial charge in [0.1, 0.15) is 13.2 Å². The lowest BCUT2D eigenvalue weighted by atomic mass is 10.1. The van der Waals surface area contributed by atoms with Crippen LogP contribution in [-0.4, -0.2) is 37.2 Å². The summed E-state index contributed by atoms with van der Waals surface area (Å²) in [5.74, 6) is -1.04. The molecule has 0 aromatic rings. The summed E-state index contributed by atoms with van der Waals surface area (Å²) in [5, 5.41) is 0. The quantitative estimate of drug-likeness (QED) is 0.0262. The smallest absolute Gasteiger partial charge is 0.306 e. The first-order valence-electron chi connectivity index (χ1n) is 26.2. The average Bonchev–Trinajstić information content (AvgIpc) is 3.31. The summed E-state index contributed by atoms with van der Waals surface area (Å²) in [5.41, 5.74) is 0. The molecule has 0 rings (SSSR count). The van der Waals surface area contributed by atoms with Crippen molar-refractivity contribution < 1.29 is 28.6 Å². The predicted octanol–water partition coefficient (Wildman–Crippen LogP) is 17.5. The maximum atomic E-state index is 12.8. The molecule has 0 saturated heterocycles. The minimum absolute atomic E-state index is 0.123. The van der Waals surface area contributed by atoms with E-state index in [0.29, 0.717) is 19.3 Å². The summed E-state index contributed by atoms with van der Waals surface area (Å²) in [6.07, 6.45) is 74.4. The molecule has 0 aliphatic heterocycles. The molecule has 0 aliphatic carbocycles. The highest BCUT2D eigenvalue weighted by Crippen LogP contribution is 2.11. The Balaban J connectivity index is 4.57. The fraction of sp³-hybridized carbons (Fsp3) is 0.583. The molecule has 1 atom stereocenters. The van der Waals surface area contributed by atoms with Crippen LogP contribution in [0.1, 0.15) is 207 Å². The molecule has 0 aromatic carbocycles. The Morgan fingerprint density at radius 2 is 0.606 bits per heavy atom. The molecule has 370 valence electrons. The van der Waals surface area contributed by atoms with Crippen LogP contribution in [0.2, 0.25) is 0 Å². The third-order valence-electron chi connectivity index (χ3n) is 10.4. The second kappa shape index (κ2) is 53.2. The zero-order chi connectivity index (χ0) is 47.9. The molecule has 0 saturated carbocycles. The number of carbonyl (C=O) groups excluding carboxylic acids is 3. The van der Waals surface area contributed by atoms with E-state index in [1.54, 1.807) is 0 Å². The summed E-state index contributed by atoms with van der Waals surface area (Å²) >= 11 is 0. The van der Waals surface area contributed by atoms with Crippen LogP contribution in [0.15, 0.2) is 134 Å². The van der Waals surface area contributed by atoms with E-state index in [0.717, 1.165) is 135 Å². The summed E-state index contributed by atoms with van der Waals surface area (Å²) in [7, 11) is 0. The summed E-state index contributed by atoms with van der Waals surface area (Å²) < 4.78 is 16.7. The van der Waals surface area contributed by atoms with E-state index in [-0.39, 0.29) is 37.5 Å². The molecule has 66 heavy (non-hydrogen) atoms. The molecular formula is C60H94O6. The summed E-state index contributed by atoms with van der Waals surface area (Å²) in [6.45, 7) is 6.28. The monoisotopic (exact) mass is 911 g/mol. The Kier molecular flexibility index (Phi) is 49.6. The van der Waals surface area contributed by atoms with Crippen molar-refractivity contribution in [1.82, 2.24) is 0 Å². The van der Waals surface area contributed by atoms with Crippen molar-refractivity contribution in [2.24, 2.45) is 0 Å². The number of allylic oxidation sites excluding steroid dienone is 22. The molecule has 1 unspecified atom stereocenters. The van der Waals surface area contributed by atoms with E-state index in [1.165, 1.54) is 25.7 Å². The van der Waals surface area contributed by atoms with Crippen LogP contribution < -0.4 is 0 Å². The lowest BCUT2D eigenvalue weighted by molar-refractivity contribution is -0.167. The summed E-state index contributed by atoms with van der Waals surface area (Å²) in [6, 6.07) is 0. The van der Waals surface area contributed by atoms with E-state index in [4.69, 9.17) is 14.2 Å². The highest BCUT2D eigenvalue weighted by molar-refractivity contribution is 5.71. The van der Waals surface area contributed by atoms with Gasteiger partial charge in [-0.15, -0.1) is 0 Å². The van der Waals surface area contributed by atoms with Gasteiger partial charge in [-0.05, 0) is 128 Å². The first-order valence-corrected chi connectivity index (χ1v) is 26.2. The molecule has 0 aromatic heterocycles. The molecule has 0 spiro atoms. The van der Waals surface area contributed by atoms with Gasteiger partial charge in [0.05, 0.1) is 0 Å². The van der Waals surface area contributed by atoms with Crippen molar-refractivity contribution in [3.05, 3.63) is 134 Å². The topological polar surface area (TPSA) is 78.9 Å². The van der Waals surface area contributed by atoms with Gasteiger partial charge < -0.3 is 14.2 Å². The van der Waals surface area contributed by atoms with Gasteiger partial charge in [-0.25, -0.2) is 0 Å². The molecule has 0 fully saturated rings. The number of rotatable bonds is 45. The van der Waals surface area contributed by atoms with Crippen molar-refractivity contribution in [2.75, 3.05) is 13.2 Å². The fourth-order valence-corrected chi connectivity index (χ4v) is 6.50. The predicted molar refractivity (Wildman–Crippen MR) is 283 cm³/mol. The molecule has 0 heterocycles. The van der Waals surface area contributed by atoms with E-state index in [9.17, 15) is 14.4 Å². The zero-order valence-electron chi connectivity index (χ0n) is 42.1. The molecular weight excluding hydrogens is 817 g/mol. The lowest BCUT2D eigenvalue weighted by Crippen LogP contribution is -2.30. The summed E-state index contributed by atoms with van der Waals surface area (Å²) in [4.78, 5) is 38.0. The van der Waals surface area contributed by atoms with Crippen LogP contribution in [0.3, 0.4) is 0 Å². The van der Waals surface area contributed by atoms with Gasteiger partial charge in [0.2, 0.25) is 0 Å². The molecule has 0 aliphatic rings. The van der Waals surface area contributed by atoms with E-state index >= 15 is 0 Å². The Morgan fingerprint density at radius 3 is 0.985 bits per heavy atom. The van der Waals surface area contributed by atoms with E-state index in [2.05, 4.69) is 154 Å². The van der Waals surface area contributed by atoms with Gasteiger partial charge in [-0.3, -0.25) is 14.4 Å². The second-order valence-corrected chi connectivity index (χ2v) is 16.7. The van der Waals surface area contributed by atoms with Gasteiger partial charge in [-0.1, -0.05) is 193 Å². The van der Waals surface area contributed by atoms with Crippen LogP contribution in [0.4, 0.5) is 0 Å². The van der Waals surface area contributed by atoms with E-state index in [1.807, 2.05) is 0 Å². The highest BCUT2D eigenvalue weighted by atomic mass is 16.6. The Hall–Kier alpha value is -4.45. The number of esters is 3. The molecule has 6 heteroatoms. The van der Waals surface area contributed by atoms with Crippen LogP contribution >= 0.6 is 0 Å². The SMILES string of the molecule is CC/C=C\C/C=C\C/C=C\C/C=C\C/C=C\CCCCCC(=O)OCC(COC(=O)CCCCCCC/C=C\C/C=C\CC)OC(=O)CCC/C=C\C/C=C\C/C=C\C/C=C\CCCCC. The van der Waals surface area contributed by atoms with Crippen LogP contribution in [0.25, 0.3) is 0 Å². The number of carbonyl (C=O) groups is 3. The van der Waals surface area contributed by atoms with Gasteiger partial charge in [0.15, 0.2) is 6.10 Å². The Labute approximate surface area is 405 Å². The molecule has 0 bridgehead atoms. The van der Waals surface area contributed by atoms with Crippen molar-refractivity contribution in [1.29, 1.82) is 0 Å². The Bertz CT molecular complexity index is 1460. The Morgan fingerprint density at radius 1 is 0.318 bits per heavy atom. The maximum Gasteiger partial charge on any atom is 0.306 e. The first-order chi connectivity index (χ1) is 32.5. The number of ether oxygens (including phenoxy) is 3. The number of unbranched alkanes of at least 4 members (excludes halogenated alkanes) is 12. The molecule has 6 nitrogen and oxygen atoms in total. The highest BCUT2D eigenvalue weighted by Gasteiger charge is 2.19. The first kappa shape index (κ1) is 61.5. The third kappa shape index (κ3) is 50.5. The van der Waals surface area contributed by atoms with Crippen molar-refractivity contribution >= 4 is 17.9 Å². The largest absolute Gasteiger partial charge is 0.462 e. The minimum atomic E-state index is -0.831. The molecule has 0 radical (unpaired) electrons. The molecule has 0 N–H and O–H groups in total. The van der Waals surface area contributed by atoms with E-state index < -0.39 is 6.10 Å². The van der Waals surface area contributed by atoms with Gasteiger partial charge in [0, 0.05) is 19.3 Å². The van der Waals surface area contributed by atoms with Gasteiger partial charge in [0.25, 0.3) is 0 Å². The fourth-order valence-electron chi connectivity index (χ4n) is 6.50. The zero-order valence-corrected chi connectivity index (χ0v) is 42.1. The third-order valence-corrected chi connectivity index (χ3v) is 10.4. The van der Waals surface area contributed by atoms with Crippen molar-refractivity contribution in [3.63, 3.8) is 0 Å². The maximum absolute atomic E-state index is 12.8. The lowest BCUT2D eigenvalue weighted by Gasteiger charge is -2.18. The average molecular weight is 911 g/mol.